The van der Waals surface area contributed by atoms with Crippen molar-refractivity contribution in [2.24, 2.45) is 0 Å². The number of aryl methyl sites for hydroxylation is 1. The van der Waals surface area contributed by atoms with Gasteiger partial charge in [-0.15, -0.1) is 0 Å². The predicted octanol–water partition coefficient (Wildman–Crippen LogP) is 1.97. The normalized spacial score (nSPS) is 10.9. The van der Waals surface area contributed by atoms with Crippen LogP contribution in [-0.4, -0.2) is 48.3 Å². The number of ether oxygens (including phenoxy) is 3. The standard InChI is InChI=1S/C19H21N3O5/c1-25-10-4-9-21-11-15-17(16(12-21)19(24)27-3)20-22(18(15)23)13-5-7-14(26-2)8-6-13/h5-8,11-12H,4,9-10H2,1-3H3. The number of hydrogen-bond donors (Lipinski definition) is 0. The minimum absolute atomic E-state index is 0.247. The van der Waals surface area contributed by atoms with Crippen molar-refractivity contribution in [3.63, 3.8) is 0 Å². The summed E-state index contributed by atoms with van der Waals surface area (Å²) >= 11 is 0. The van der Waals surface area contributed by atoms with Gasteiger partial charge in [-0.3, -0.25) is 4.79 Å². The van der Waals surface area contributed by atoms with Gasteiger partial charge in [0.05, 0.1) is 25.5 Å². The van der Waals surface area contributed by atoms with E-state index in [1.54, 1.807) is 55.4 Å². The third kappa shape index (κ3) is 3.70. The molecule has 0 saturated heterocycles. The molecular weight excluding hydrogens is 350 g/mol. The zero-order valence-electron chi connectivity index (χ0n) is 15.5. The SMILES string of the molecule is COCCCn1cc(C(=O)OC)c2nn(-c3ccc(OC)cc3)c(=O)c-2c1. The van der Waals surface area contributed by atoms with Gasteiger partial charge in [-0.2, -0.15) is 9.78 Å². The first-order chi connectivity index (χ1) is 13.1. The van der Waals surface area contributed by atoms with Crippen molar-refractivity contribution in [1.29, 1.82) is 0 Å². The summed E-state index contributed by atoms with van der Waals surface area (Å²) in [5, 5.41) is 4.37. The molecule has 0 aromatic heterocycles. The molecule has 2 aliphatic rings. The maximum atomic E-state index is 12.9. The molecule has 0 saturated carbocycles. The van der Waals surface area contributed by atoms with Crippen LogP contribution in [0.5, 0.6) is 5.75 Å². The average molecular weight is 371 g/mol. The number of benzene rings is 1. The number of methoxy groups -OCH3 is 3. The highest BCUT2D eigenvalue weighted by Crippen LogP contribution is 2.23. The lowest BCUT2D eigenvalue weighted by Crippen LogP contribution is -2.16. The van der Waals surface area contributed by atoms with Gasteiger partial charge in [-0.1, -0.05) is 0 Å². The third-order valence-corrected chi connectivity index (χ3v) is 4.21. The van der Waals surface area contributed by atoms with Gasteiger partial charge < -0.3 is 18.8 Å². The Morgan fingerprint density at radius 1 is 1.11 bits per heavy atom. The number of fused-ring (bicyclic) bond motifs is 1. The summed E-state index contributed by atoms with van der Waals surface area (Å²) in [5.74, 6) is 0.134. The Hall–Kier alpha value is -3.13. The fraction of sp³-hybridized carbons (Fsp3) is 0.316. The summed E-state index contributed by atoms with van der Waals surface area (Å²) in [4.78, 5) is 25.1. The average Bonchev–Trinajstić information content (AvgIpc) is 3.04. The fourth-order valence-corrected chi connectivity index (χ4v) is 2.84. The van der Waals surface area contributed by atoms with Gasteiger partial charge in [0.25, 0.3) is 5.56 Å². The highest BCUT2D eigenvalue weighted by Gasteiger charge is 2.24. The van der Waals surface area contributed by atoms with Gasteiger partial charge in [0, 0.05) is 32.7 Å². The van der Waals surface area contributed by atoms with Gasteiger partial charge in [0.15, 0.2) is 0 Å². The van der Waals surface area contributed by atoms with Crippen molar-refractivity contribution in [1.82, 2.24) is 14.3 Å². The maximum Gasteiger partial charge on any atom is 0.341 e. The van der Waals surface area contributed by atoms with Crippen molar-refractivity contribution in [3.8, 4) is 22.7 Å². The molecule has 1 aromatic rings. The highest BCUT2D eigenvalue weighted by atomic mass is 16.5. The molecule has 0 N–H and O–H groups in total. The van der Waals surface area contributed by atoms with Crippen LogP contribution in [0.3, 0.4) is 0 Å². The number of carbonyl (C=O) groups excluding carboxylic acids is 1. The second-order valence-corrected chi connectivity index (χ2v) is 5.92. The second kappa shape index (κ2) is 8.05. The minimum Gasteiger partial charge on any atom is -0.497 e. The van der Waals surface area contributed by atoms with E-state index < -0.39 is 5.97 Å². The van der Waals surface area contributed by atoms with Crippen molar-refractivity contribution in [2.45, 2.75) is 13.0 Å². The number of nitrogens with zero attached hydrogens (tertiary/aromatic N) is 3. The molecule has 0 amide bonds. The van der Waals surface area contributed by atoms with Crippen molar-refractivity contribution >= 4 is 5.97 Å². The van der Waals surface area contributed by atoms with Crippen LogP contribution in [0.1, 0.15) is 16.8 Å². The van der Waals surface area contributed by atoms with Crippen LogP contribution >= 0.6 is 0 Å². The molecule has 0 fully saturated rings. The monoisotopic (exact) mass is 371 g/mol. The van der Waals surface area contributed by atoms with Crippen molar-refractivity contribution in [3.05, 3.63) is 52.6 Å². The number of esters is 1. The van der Waals surface area contributed by atoms with Gasteiger partial charge in [0.1, 0.15) is 17.0 Å². The Kier molecular flexibility index (Phi) is 5.56. The molecule has 2 aliphatic heterocycles. The maximum absolute atomic E-state index is 12.9. The number of pyridine rings is 1. The Morgan fingerprint density at radius 2 is 1.85 bits per heavy atom. The predicted molar refractivity (Wildman–Crippen MR) is 98.8 cm³/mol. The number of rotatable bonds is 7. The van der Waals surface area contributed by atoms with Gasteiger partial charge in [-0.25, -0.2) is 4.79 Å². The lowest BCUT2D eigenvalue weighted by atomic mass is 10.1. The van der Waals surface area contributed by atoms with Crippen molar-refractivity contribution in [2.75, 3.05) is 27.9 Å². The number of aromatic nitrogens is 3. The molecule has 27 heavy (non-hydrogen) atoms. The third-order valence-electron chi connectivity index (χ3n) is 4.21. The highest BCUT2D eigenvalue weighted by molar-refractivity contribution is 5.96. The molecule has 8 heteroatoms. The van der Waals surface area contributed by atoms with Crippen LogP contribution in [-0.2, 0) is 16.0 Å². The molecular formula is C19H21N3O5. The first-order valence-corrected chi connectivity index (χ1v) is 8.43. The van der Waals surface area contributed by atoms with Crippen LogP contribution in [0, 0.1) is 0 Å². The van der Waals surface area contributed by atoms with Crippen LogP contribution < -0.4 is 10.3 Å². The molecule has 0 atom stereocenters. The van der Waals surface area contributed by atoms with E-state index in [9.17, 15) is 9.59 Å². The first-order valence-electron chi connectivity index (χ1n) is 8.43. The van der Waals surface area contributed by atoms with E-state index in [-0.39, 0.29) is 11.1 Å². The lowest BCUT2D eigenvalue weighted by molar-refractivity contribution is 0.0600. The van der Waals surface area contributed by atoms with Gasteiger partial charge >= 0.3 is 5.97 Å². The Balaban J connectivity index is 2.11. The first kappa shape index (κ1) is 18.7. The van der Waals surface area contributed by atoms with Crippen molar-refractivity contribution < 1.29 is 19.0 Å². The summed E-state index contributed by atoms with van der Waals surface area (Å²) < 4.78 is 18.1. The smallest absolute Gasteiger partial charge is 0.341 e. The van der Waals surface area contributed by atoms with Gasteiger partial charge in [0.2, 0.25) is 0 Å². The van der Waals surface area contributed by atoms with E-state index in [1.165, 1.54) is 11.8 Å². The minimum atomic E-state index is -0.541. The zero-order chi connectivity index (χ0) is 19.4. The summed E-state index contributed by atoms with van der Waals surface area (Å²) in [7, 11) is 4.50. The summed E-state index contributed by atoms with van der Waals surface area (Å²) in [6.07, 6.45) is 4.09. The number of carbonyl (C=O) groups is 1. The summed E-state index contributed by atoms with van der Waals surface area (Å²) in [6.45, 7) is 1.18. The Morgan fingerprint density at radius 3 is 2.48 bits per heavy atom. The summed E-state index contributed by atoms with van der Waals surface area (Å²) in [5.41, 5.74) is 1.19. The molecule has 0 spiro atoms. The zero-order valence-corrected chi connectivity index (χ0v) is 15.5. The van der Waals surface area contributed by atoms with E-state index in [2.05, 4.69) is 5.10 Å². The number of hydrogen-bond acceptors (Lipinski definition) is 6. The van der Waals surface area contributed by atoms with E-state index in [0.29, 0.717) is 35.8 Å². The van der Waals surface area contributed by atoms with E-state index in [4.69, 9.17) is 14.2 Å². The molecule has 0 bridgehead atoms. The van der Waals surface area contributed by atoms with E-state index in [1.807, 2.05) is 0 Å². The topological polar surface area (TPSA) is 84.6 Å². The Labute approximate surface area is 156 Å². The fourth-order valence-electron chi connectivity index (χ4n) is 2.84. The molecule has 3 rings (SSSR count). The molecule has 0 aliphatic carbocycles. The van der Waals surface area contributed by atoms with Crippen LogP contribution in [0.4, 0.5) is 0 Å². The van der Waals surface area contributed by atoms with Crippen LogP contribution in [0.25, 0.3) is 16.9 Å². The summed E-state index contributed by atoms with van der Waals surface area (Å²) in [6, 6.07) is 6.95. The lowest BCUT2D eigenvalue weighted by Gasteiger charge is -2.11. The molecule has 1 aromatic carbocycles. The van der Waals surface area contributed by atoms with Crippen LogP contribution in [0.15, 0.2) is 41.5 Å². The second-order valence-electron chi connectivity index (χ2n) is 5.92. The largest absolute Gasteiger partial charge is 0.497 e. The van der Waals surface area contributed by atoms with E-state index in [0.717, 1.165) is 6.42 Å². The molecule has 0 radical (unpaired) electrons. The molecule has 0 unspecified atom stereocenters. The molecule has 142 valence electrons. The quantitative estimate of drug-likeness (QED) is 0.466. The Bertz CT molecular complexity index is 959. The van der Waals surface area contributed by atoms with Crippen LogP contribution in [0.2, 0.25) is 0 Å². The van der Waals surface area contributed by atoms with Gasteiger partial charge in [-0.05, 0) is 30.7 Å². The molecule has 2 heterocycles. The molecule has 8 nitrogen and oxygen atoms in total. The van der Waals surface area contributed by atoms with E-state index >= 15 is 0 Å².